The van der Waals surface area contributed by atoms with E-state index in [4.69, 9.17) is 31.2 Å². The number of hydrogen-bond acceptors (Lipinski definition) is 7. The van der Waals surface area contributed by atoms with Crippen molar-refractivity contribution in [3.05, 3.63) is 73.9 Å². The molecule has 0 radical (unpaired) electrons. The van der Waals surface area contributed by atoms with Crippen LogP contribution in [0.25, 0.3) is 22.3 Å². The molecule has 0 aliphatic carbocycles. The number of ether oxygens (including phenoxy) is 2. The lowest BCUT2D eigenvalue weighted by Crippen LogP contribution is -2.18. The van der Waals surface area contributed by atoms with Gasteiger partial charge in [-0.25, -0.2) is 9.67 Å². The van der Waals surface area contributed by atoms with E-state index < -0.39 is 12.0 Å². The molecule has 0 unspecified atom stereocenters. The van der Waals surface area contributed by atoms with Gasteiger partial charge in [0, 0.05) is 17.5 Å². The molecule has 2 N–H and O–H groups in total. The fraction of sp³-hybridized carbons (Fsp3) is 0.280. The van der Waals surface area contributed by atoms with Gasteiger partial charge < -0.3 is 19.6 Å². The lowest BCUT2D eigenvalue weighted by molar-refractivity contribution is 0.0481. The third-order valence-corrected chi connectivity index (χ3v) is 6.29. The molecule has 5 rings (SSSR count). The lowest BCUT2D eigenvalue weighted by atomic mass is 9.99. The molecular formula is C25H23ClN4O5. The van der Waals surface area contributed by atoms with Gasteiger partial charge in [-0.05, 0) is 50.6 Å². The summed E-state index contributed by atoms with van der Waals surface area (Å²) in [4.78, 5) is 29.3. The first kappa shape index (κ1) is 23.1. The molecule has 4 heterocycles. The first-order chi connectivity index (χ1) is 16.7. The zero-order valence-electron chi connectivity index (χ0n) is 19.4. The molecule has 0 saturated carbocycles. The van der Waals surface area contributed by atoms with Gasteiger partial charge in [-0.15, -0.1) is 0 Å². The molecule has 4 aromatic rings. The molecule has 1 aliphatic rings. The number of benzene rings is 1. The number of nitrogens with two attached hydrogens (primary N) is 1. The number of primary amides is 1. The normalized spacial score (nSPS) is 14.1. The summed E-state index contributed by atoms with van der Waals surface area (Å²) < 4.78 is 19.7. The van der Waals surface area contributed by atoms with Gasteiger partial charge in [0.1, 0.15) is 29.3 Å². The first-order valence-electron chi connectivity index (χ1n) is 11.1. The third-order valence-electron chi connectivity index (χ3n) is 6.08. The van der Waals surface area contributed by atoms with E-state index in [1.54, 1.807) is 30.8 Å². The highest BCUT2D eigenvalue weighted by atomic mass is 35.5. The largest absolute Gasteiger partial charge is 0.483 e. The maximum atomic E-state index is 13.4. The van der Waals surface area contributed by atoms with Crippen molar-refractivity contribution in [3.63, 3.8) is 0 Å². The van der Waals surface area contributed by atoms with Crippen LogP contribution in [-0.2, 0) is 17.9 Å². The van der Waals surface area contributed by atoms with Crippen LogP contribution in [0.15, 0.2) is 39.7 Å². The van der Waals surface area contributed by atoms with E-state index >= 15 is 0 Å². The second-order valence-corrected chi connectivity index (χ2v) is 8.90. The molecule has 0 fully saturated rings. The van der Waals surface area contributed by atoms with Crippen LogP contribution >= 0.6 is 11.6 Å². The van der Waals surface area contributed by atoms with E-state index in [2.05, 4.69) is 10.1 Å². The standard InChI is InChI=1S/C25H23ClN4O5/c1-12-8-15(14(3)34-19-4-5-20(26)29-21(19)25(27)32)24-16(9-12)22(31)13(2)23(35-24)17-10-28-30-11-33-7-6-18(17)30/h4-5,8-10,14H,6-7,11H2,1-3H3,(H2,27,32)/t14-/m1/s1. The third kappa shape index (κ3) is 4.06. The SMILES string of the molecule is Cc1cc([C@@H](C)Oc2ccc(Cl)nc2C(N)=O)c2oc(-c3cnn4c3CCOC4)c(C)c(=O)c2c1. The minimum absolute atomic E-state index is 0.0759. The molecule has 1 aliphatic heterocycles. The number of halogens is 1. The van der Waals surface area contributed by atoms with Crippen molar-refractivity contribution in [2.24, 2.45) is 5.73 Å². The Hall–Kier alpha value is -3.69. The van der Waals surface area contributed by atoms with E-state index in [9.17, 15) is 9.59 Å². The summed E-state index contributed by atoms with van der Waals surface area (Å²) in [5.74, 6) is -0.110. The number of aryl methyl sites for hydroxylation is 1. The Morgan fingerprint density at radius 2 is 2.09 bits per heavy atom. The number of fused-ring (bicyclic) bond motifs is 2. The van der Waals surface area contributed by atoms with Crippen LogP contribution in [0.4, 0.5) is 0 Å². The monoisotopic (exact) mass is 494 g/mol. The summed E-state index contributed by atoms with van der Waals surface area (Å²) in [7, 11) is 0. The summed E-state index contributed by atoms with van der Waals surface area (Å²) in [5, 5.41) is 4.96. The van der Waals surface area contributed by atoms with Gasteiger partial charge >= 0.3 is 0 Å². The topological polar surface area (TPSA) is 122 Å². The summed E-state index contributed by atoms with van der Waals surface area (Å²) in [5.41, 5.74) is 9.40. The van der Waals surface area contributed by atoms with Gasteiger partial charge in [0.25, 0.3) is 5.91 Å². The molecule has 0 saturated heterocycles. The quantitative estimate of drug-likeness (QED) is 0.414. The van der Waals surface area contributed by atoms with Gasteiger partial charge in [-0.3, -0.25) is 9.59 Å². The fourth-order valence-electron chi connectivity index (χ4n) is 4.37. The minimum Gasteiger partial charge on any atom is -0.483 e. The zero-order valence-corrected chi connectivity index (χ0v) is 20.2. The van der Waals surface area contributed by atoms with Crippen molar-refractivity contribution in [2.45, 2.75) is 40.0 Å². The van der Waals surface area contributed by atoms with Gasteiger partial charge in [-0.2, -0.15) is 5.10 Å². The van der Waals surface area contributed by atoms with Gasteiger partial charge in [0.05, 0.1) is 29.4 Å². The molecule has 0 bridgehead atoms. The molecule has 10 heteroatoms. The van der Waals surface area contributed by atoms with Crippen molar-refractivity contribution in [2.75, 3.05) is 6.61 Å². The van der Waals surface area contributed by atoms with Crippen LogP contribution in [0, 0.1) is 13.8 Å². The summed E-state index contributed by atoms with van der Waals surface area (Å²) >= 11 is 5.92. The predicted molar refractivity (Wildman–Crippen MR) is 130 cm³/mol. The Labute approximate surface area is 205 Å². The van der Waals surface area contributed by atoms with E-state index in [1.165, 1.54) is 12.1 Å². The van der Waals surface area contributed by atoms with E-state index in [-0.39, 0.29) is 22.0 Å². The number of carbonyl (C=O) groups is 1. The highest BCUT2D eigenvalue weighted by Gasteiger charge is 2.25. The van der Waals surface area contributed by atoms with Crippen molar-refractivity contribution in [3.8, 4) is 17.1 Å². The van der Waals surface area contributed by atoms with E-state index in [0.29, 0.717) is 47.6 Å². The lowest BCUT2D eigenvalue weighted by Gasteiger charge is -2.19. The predicted octanol–water partition coefficient (Wildman–Crippen LogP) is 4.09. The Balaban J connectivity index is 1.66. The summed E-state index contributed by atoms with van der Waals surface area (Å²) in [6, 6.07) is 6.74. The molecule has 3 aromatic heterocycles. The van der Waals surface area contributed by atoms with Crippen LogP contribution in [0.2, 0.25) is 5.15 Å². The molecule has 0 spiro atoms. The van der Waals surface area contributed by atoms with Crippen molar-refractivity contribution >= 4 is 28.5 Å². The first-order valence-corrected chi connectivity index (χ1v) is 11.5. The summed E-state index contributed by atoms with van der Waals surface area (Å²) in [6.45, 7) is 6.38. The van der Waals surface area contributed by atoms with Gasteiger partial charge in [0.15, 0.2) is 16.9 Å². The number of rotatable bonds is 5. The Kier molecular flexibility index (Phi) is 5.82. The van der Waals surface area contributed by atoms with Crippen LogP contribution in [-0.4, -0.2) is 27.3 Å². The maximum Gasteiger partial charge on any atom is 0.271 e. The van der Waals surface area contributed by atoms with Crippen LogP contribution in [0.3, 0.4) is 0 Å². The zero-order chi connectivity index (χ0) is 24.9. The van der Waals surface area contributed by atoms with Crippen LogP contribution in [0.1, 0.15) is 45.9 Å². The molecule has 1 aromatic carbocycles. The summed E-state index contributed by atoms with van der Waals surface area (Å²) in [6.07, 6.45) is 1.76. The molecule has 180 valence electrons. The number of pyridine rings is 1. The maximum absolute atomic E-state index is 13.4. The Morgan fingerprint density at radius 1 is 1.29 bits per heavy atom. The highest BCUT2D eigenvalue weighted by Crippen LogP contribution is 2.35. The number of aromatic nitrogens is 3. The smallest absolute Gasteiger partial charge is 0.271 e. The second-order valence-electron chi connectivity index (χ2n) is 8.51. The van der Waals surface area contributed by atoms with E-state index in [0.717, 1.165) is 16.8 Å². The van der Waals surface area contributed by atoms with Crippen LogP contribution < -0.4 is 15.9 Å². The highest BCUT2D eigenvalue weighted by molar-refractivity contribution is 6.29. The van der Waals surface area contributed by atoms with Gasteiger partial charge in [-0.1, -0.05) is 11.6 Å². The van der Waals surface area contributed by atoms with Crippen LogP contribution in [0.5, 0.6) is 5.75 Å². The van der Waals surface area contributed by atoms with Crippen molar-refractivity contribution in [1.82, 2.24) is 14.8 Å². The number of amides is 1. The average molecular weight is 495 g/mol. The number of nitrogens with zero attached hydrogens (tertiary/aromatic N) is 3. The van der Waals surface area contributed by atoms with Crippen molar-refractivity contribution < 1.29 is 18.7 Å². The Morgan fingerprint density at radius 3 is 2.86 bits per heavy atom. The molecule has 9 nitrogen and oxygen atoms in total. The molecule has 1 atom stereocenters. The van der Waals surface area contributed by atoms with E-state index in [1.807, 2.05) is 13.0 Å². The second kappa shape index (κ2) is 8.83. The fourth-order valence-corrected chi connectivity index (χ4v) is 4.52. The molecule has 35 heavy (non-hydrogen) atoms. The Bertz CT molecular complexity index is 1540. The van der Waals surface area contributed by atoms with Crippen molar-refractivity contribution in [1.29, 1.82) is 0 Å². The van der Waals surface area contributed by atoms with Gasteiger partial charge in [0.2, 0.25) is 0 Å². The molecular weight excluding hydrogens is 472 g/mol. The molecule has 1 amide bonds. The average Bonchev–Trinajstić information content (AvgIpc) is 3.26. The number of carbonyl (C=O) groups excluding carboxylic acids is 1. The number of hydrogen-bond donors (Lipinski definition) is 1. The minimum atomic E-state index is -0.761.